The molecular formula is C21H22N4O6. The molecule has 0 saturated carbocycles. The summed E-state index contributed by atoms with van der Waals surface area (Å²) in [5.74, 6) is -2.70. The standard InChI is InChI=1S/C21H22N4O6/c1-12(26)18(19(27)23-15-8-6-14(22-2)7-9-15)25-24-17-11-13(20(28)30-3)5-10-16(17)21(29)31-4/h5-11,22,24H,1-4H3,(H,23,27)/b25-18-. The number of carbonyl (C=O) groups excluding carboxylic acids is 4. The van der Waals surface area contributed by atoms with Gasteiger partial charge in [-0.05, 0) is 42.5 Å². The molecule has 1 amide bonds. The van der Waals surface area contributed by atoms with E-state index in [0.717, 1.165) is 5.69 Å². The molecule has 2 aromatic carbocycles. The van der Waals surface area contributed by atoms with Crippen LogP contribution in [0.4, 0.5) is 17.1 Å². The van der Waals surface area contributed by atoms with Crippen LogP contribution in [0.15, 0.2) is 47.6 Å². The average molecular weight is 426 g/mol. The van der Waals surface area contributed by atoms with Gasteiger partial charge < -0.3 is 20.1 Å². The fraction of sp³-hybridized carbons (Fsp3) is 0.190. The Balaban J connectivity index is 2.33. The van der Waals surface area contributed by atoms with E-state index < -0.39 is 29.3 Å². The summed E-state index contributed by atoms with van der Waals surface area (Å²) in [6, 6.07) is 10.8. The molecule has 0 unspecified atom stereocenters. The molecule has 162 valence electrons. The summed E-state index contributed by atoms with van der Waals surface area (Å²) < 4.78 is 9.37. The van der Waals surface area contributed by atoms with Crippen molar-refractivity contribution in [3.8, 4) is 0 Å². The molecule has 0 aliphatic heterocycles. The molecular weight excluding hydrogens is 404 g/mol. The largest absolute Gasteiger partial charge is 0.465 e. The quantitative estimate of drug-likeness (QED) is 0.253. The summed E-state index contributed by atoms with van der Waals surface area (Å²) in [6.07, 6.45) is 0. The molecule has 0 fully saturated rings. The summed E-state index contributed by atoms with van der Waals surface area (Å²) in [6.45, 7) is 1.18. The van der Waals surface area contributed by atoms with Crippen molar-refractivity contribution in [1.29, 1.82) is 0 Å². The van der Waals surface area contributed by atoms with Crippen LogP contribution in [0.1, 0.15) is 27.6 Å². The first-order valence-electron chi connectivity index (χ1n) is 9.05. The van der Waals surface area contributed by atoms with Gasteiger partial charge in [0.25, 0.3) is 5.91 Å². The molecule has 0 heterocycles. The van der Waals surface area contributed by atoms with Gasteiger partial charge in [-0.15, -0.1) is 0 Å². The van der Waals surface area contributed by atoms with E-state index in [4.69, 9.17) is 4.74 Å². The maximum Gasteiger partial charge on any atom is 0.340 e. The minimum atomic E-state index is -0.749. The molecule has 0 aliphatic carbocycles. The van der Waals surface area contributed by atoms with Crippen LogP contribution in [-0.2, 0) is 19.1 Å². The molecule has 0 aliphatic rings. The number of Topliss-reactive ketones (excluding diaryl/α,β-unsaturated/α-hetero) is 1. The number of methoxy groups -OCH3 is 2. The van der Waals surface area contributed by atoms with Crippen LogP contribution in [0.2, 0.25) is 0 Å². The van der Waals surface area contributed by atoms with Crippen LogP contribution >= 0.6 is 0 Å². The Morgan fingerprint density at radius 1 is 0.871 bits per heavy atom. The molecule has 0 aromatic heterocycles. The van der Waals surface area contributed by atoms with E-state index in [1.807, 2.05) is 0 Å². The van der Waals surface area contributed by atoms with Gasteiger partial charge in [0.2, 0.25) is 0 Å². The number of ether oxygens (including phenoxy) is 2. The number of nitrogens with one attached hydrogen (secondary N) is 3. The fourth-order valence-electron chi connectivity index (χ4n) is 2.49. The predicted octanol–water partition coefficient (Wildman–Crippen LogP) is 2.30. The zero-order chi connectivity index (χ0) is 23.0. The second-order valence-electron chi connectivity index (χ2n) is 6.15. The molecule has 3 N–H and O–H groups in total. The fourth-order valence-corrected chi connectivity index (χ4v) is 2.49. The Morgan fingerprint density at radius 3 is 2.03 bits per heavy atom. The van der Waals surface area contributed by atoms with Crippen molar-refractivity contribution in [3.63, 3.8) is 0 Å². The maximum absolute atomic E-state index is 12.5. The van der Waals surface area contributed by atoms with Gasteiger partial charge in [-0.2, -0.15) is 5.10 Å². The van der Waals surface area contributed by atoms with E-state index in [1.54, 1.807) is 31.3 Å². The zero-order valence-corrected chi connectivity index (χ0v) is 17.4. The van der Waals surface area contributed by atoms with Gasteiger partial charge in [-0.25, -0.2) is 9.59 Å². The van der Waals surface area contributed by atoms with Crippen molar-refractivity contribution in [2.45, 2.75) is 6.92 Å². The third-order valence-corrected chi connectivity index (χ3v) is 4.11. The highest BCUT2D eigenvalue weighted by Crippen LogP contribution is 2.20. The lowest BCUT2D eigenvalue weighted by Gasteiger charge is -2.11. The highest BCUT2D eigenvalue weighted by atomic mass is 16.5. The van der Waals surface area contributed by atoms with E-state index in [2.05, 4.69) is 25.9 Å². The van der Waals surface area contributed by atoms with Gasteiger partial charge in [0, 0.05) is 25.3 Å². The lowest BCUT2D eigenvalue weighted by atomic mass is 10.1. The SMILES string of the molecule is CNc1ccc(NC(=O)/C(=N\Nc2cc(C(=O)OC)ccc2C(=O)OC)C(C)=O)cc1. The molecule has 10 nitrogen and oxygen atoms in total. The first-order chi connectivity index (χ1) is 14.8. The van der Waals surface area contributed by atoms with Crippen molar-refractivity contribution in [2.24, 2.45) is 5.10 Å². The van der Waals surface area contributed by atoms with Crippen molar-refractivity contribution in [3.05, 3.63) is 53.6 Å². The van der Waals surface area contributed by atoms with Crippen LogP contribution in [-0.4, -0.2) is 50.6 Å². The summed E-state index contributed by atoms with van der Waals surface area (Å²) in [4.78, 5) is 48.3. The number of anilines is 3. The highest BCUT2D eigenvalue weighted by molar-refractivity contribution is 6.67. The molecule has 0 saturated heterocycles. The summed E-state index contributed by atoms with van der Waals surface area (Å²) >= 11 is 0. The molecule has 0 atom stereocenters. The second kappa shape index (κ2) is 10.5. The Hall–Kier alpha value is -4.21. The molecule has 2 rings (SSSR count). The van der Waals surface area contributed by atoms with Gasteiger partial charge in [0.1, 0.15) is 0 Å². The van der Waals surface area contributed by atoms with Gasteiger partial charge in [0.05, 0.1) is 31.0 Å². The van der Waals surface area contributed by atoms with Gasteiger partial charge >= 0.3 is 11.9 Å². The number of hydrazone groups is 1. The summed E-state index contributed by atoms with van der Waals surface area (Å²) in [7, 11) is 4.16. The second-order valence-corrected chi connectivity index (χ2v) is 6.15. The number of benzene rings is 2. The number of esters is 2. The summed E-state index contributed by atoms with van der Waals surface area (Å²) in [5, 5.41) is 9.39. The minimum Gasteiger partial charge on any atom is -0.465 e. The molecule has 10 heteroatoms. The van der Waals surface area contributed by atoms with Crippen LogP contribution in [0.25, 0.3) is 0 Å². The molecule has 31 heavy (non-hydrogen) atoms. The zero-order valence-electron chi connectivity index (χ0n) is 17.4. The average Bonchev–Trinajstić information content (AvgIpc) is 2.78. The van der Waals surface area contributed by atoms with Crippen LogP contribution in [0.5, 0.6) is 0 Å². The van der Waals surface area contributed by atoms with Crippen molar-refractivity contribution < 1.29 is 28.7 Å². The lowest BCUT2D eigenvalue weighted by Crippen LogP contribution is -2.29. The number of rotatable bonds is 8. The normalized spacial score (nSPS) is 10.6. The highest BCUT2D eigenvalue weighted by Gasteiger charge is 2.19. The van der Waals surface area contributed by atoms with E-state index >= 15 is 0 Å². The number of carbonyl (C=O) groups is 4. The van der Waals surface area contributed by atoms with Crippen LogP contribution in [0, 0.1) is 0 Å². The predicted molar refractivity (Wildman–Crippen MR) is 115 cm³/mol. The van der Waals surface area contributed by atoms with E-state index in [0.29, 0.717) is 5.69 Å². The Labute approximate surface area is 178 Å². The Morgan fingerprint density at radius 2 is 1.48 bits per heavy atom. The topological polar surface area (TPSA) is 135 Å². The first-order valence-corrected chi connectivity index (χ1v) is 9.05. The van der Waals surface area contributed by atoms with Crippen molar-refractivity contribution in [2.75, 3.05) is 37.3 Å². The minimum absolute atomic E-state index is 0.0462. The lowest BCUT2D eigenvalue weighted by molar-refractivity contribution is -0.114. The number of ketones is 1. The molecule has 2 aromatic rings. The molecule has 0 spiro atoms. The van der Waals surface area contributed by atoms with E-state index in [9.17, 15) is 19.2 Å². The van der Waals surface area contributed by atoms with Crippen LogP contribution < -0.4 is 16.1 Å². The van der Waals surface area contributed by atoms with Gasteiger partial charge in [-0.3, -0.25) is 15.0 Å². The molecule has 0 bridgehead atoms. The van der Waals surface area contributed by atoms with E-state index in [-0.39, 0.29) is 16.8 Å². The number of hydrogen-bond donors (Lipinski definition) is 3. The monoisotopic (exact) mass is 426 g/mol. The Kier molecular flexibility index (Phi) is 7.84. The number of amides is 1. The maximum atomic E-state index is 12.5. The van der Waals surface area contributed by atoms with Gasteiger partial charge in [0.15, 0.2) is 11.5 Å². The molecule has 0 radical (unpaired) electrons. The van der Waals surface area contributed by atoms with Crippen LogP contribution in [0.3, 0.4) is 0 Å². The Bertz CT molecular complexity index is 1030. The van der Waals surface area contributed by atoms with Crippen molar-refractivity contribution in [1.82, 2.24) is 0 Å². The number of hydrogen-bond acceptors (Lipinski definition) is 9. The number of nitrogens with zero attached hydrogens (tertiary/aromatic N) is 1. The third-order valence-electron chi connectivity index (χ3n) is 4.11. The first kappa shape index (κ1) is 23.1. The van der Waals surface area contributed by atoms with Crippen molar-refractivity contribution >= 4 is 46.4 Å². The third kappa shape index (κ3) is 5.89. The van der Waals surface area contributed by atoms with Gasteiger partial charge in [-0.1, -0.05) is 0 Å². The van der Waals surface area contributed by atoms with E-state index in [1.165, 1.54) is 39.3 Å². The summed E-state index contributed by atoms with van der Waals surface area (Å²) in [5.41, 5.74) is 3.61. The smallest absolute Gasteiger partial charge is 0.340 e.